The van der Waals surface area contributed by atoms with Crippen LogP contribution in [0.1, 0.15) is 12.5 Å². The van der Waals surface area contributed by atoms with E-state index < -0.39 is 9.84 Å². The van der Waals surface area contributed by atoms with Crippen LogP contribution in [0, 0.1) is 0 Å². The van der Waals surface area contributed by atoms with Crippen molar-refractivity contribution in [1.82, 2.24) is 10.6 Å². The van der Waals surface area contributed by atoms with Gasteiger partial charge >= 0.3 is 0 Å². The van der Waals surface area contributed by atoms with Gasteiger partial charge in [-0.2, -0.15) is 0 Å². The summed E-state index contributed by atoms with van der Waals surface area (Å²) in [5, 5.41) is 7.49. The predicted molar refractivity (Wildman–Crippen MR) is 130 cm³/mol. The maximum absolute atomic E-state index is 11.5. The quantitative estimate of drug-likeness (QED) is 0.215. The van der Waals surface area contributed by atoms with Crippen molar-refractivity contribution >= 4 is 63.0 Å². The van der Waals surface area contributed by atoms with Gasteiger partial charge in [0.25, 0.3) is 0 Å². The summed E-state index contributed by atoms with van der Waals surface area (Å²) in [5.74, 6) is 1.24. The van der Waals surface area contributed by atoms with Gasteiger partial charge in [-0.05, 0) is 48.9 Å². The molecular formula is C19H24Cl2IN3O3S. The van der Waals surface area contributed by atoms with E-state index in [1.54, 1.807) is 24.3 Å². The molecule has 0 amide bonds. The predicted octanol–water partition coefficient (Wildman–Crippen LogP) is 4.15. The minimum absolute atomic E-state index is 0. The van der Waals surface area contributed by atoms with Gasteiger partial charge in [-0.25, -0.2) is 13.4 Å². The summed E-state index contributed by atoms with van der Waals surface area (Å²) in [6.07, 6.45) is 1.17. The number of nitrogens with one attached hydrogen (secondary N) is 2. The molecule has 6 nitrogen and oxygen atoms in total. The summed E-state index contributed by atoms with van der Waals surface area (Å²) in [5.41, 5.74) is 0.880. The highest BCUT2D eigenvalue weighted by Gasteiger charge is 2.06. The van der Waals surface area contributed by atoms with Gasteiger partial charge in [0, 0.05) is 22.8 Å². The van der Waals surface area contributed by atoms with Crippen molar-refractivity contribution in [3.8, 4) is 5.75 Å². The molecule has 2 aromatic carbocycles. The zero-order chi connectivity index (χ0) is 20.6. The average Bonchev–Trinajstić information content (AvgIpc) is 2.64. The van der Waals surface area contributed by atoms with Crippen LogP contribution < -0.4 is 15.4 Å². The van der Waals surface area contributed by atoms with Crippen molar-refractivity contribution in [2.75, 3.05) is 26.0 Å². The Morgan fingerprint density at radius 2 is 1.79 bits per heavy atom. The van der Waals surface area contributed by atoms with E-state index in [-0.39, 0.29) is 28.9 Å². The summed E-state index contributed by atoms with van der Waals surface area (Å²) >= 11 is 12.1. The van der Waals surface area contributed by atoms with Crippen LogP contribution >= 0.6 is 47.2 Å². The van der Waals surface area contributed by atoms with E-state index in [0.717, 1.165) is 5.56 Å². The first kappa shape index (κ1) is 25.8. The van der Waals surface area contributed by atoms with Gasteiger partial charge in [-0.3, -0.25) is 0 Å². The van der Waals surface area contributed by atoms with Crippen LogP contribution in [0.15, 0.2) is 52.4 Å². The average molecular weight is 572 g/mol. The number of hydrogen-bond donors (Lipinski definition) is 2. The van der Waals surface area contributed by atoms with E-state index in [2.05, 4.69) is 15.6 Å². The molecule has 0 saturated heterocycles. The number of sulfone groups is 1. The first-order valence-electron chi connectivity index (χ1n) is 8.68. The maximum atomic E-state index is 11.5. The number of halogens is 3. The van der Waals surface area contributed by atoms with Crippen molar-refractivity contribution in [2.45, 2.75) is 18.4 Å². The molecule has 0 fully saturated rings. The van der Waals surface area contributed by atoms with Crippen LogP contribution in [0.5, 0.6) is 5.75 Å². The Bertz CT molecular complexity index is 923. The van der Waals surface area contributed by atoms with Gasteiger partial charge in [-0.1, -0.05) is 29.3 Å². The highest BCUT2D eigenvalue weighted by molar-refractivity contribution is 14.0. The molecular weight excluding hydrogens is 548 g/mol. The second-order valence-electron chi connectivity index (χ2n) is 5.95. The third-order valence-electron chi connectivity index (χ3n) is 3.68. The van der Waals surface area contributed by atoms with Gasteiger partial charge in [0.05, 0.1) is 18.0 Å². The van der Waals surface area contributed by atoms with Gasteiger partial charge in [0.2, 0.25) is 0 Å². The maximum Gasteiger partial charge on any atom is 0.191 e. The molecule has 0 heterocycles. The number of rotatable bonds is 8. The van der Waals surface area contributed by atoms with Crippen LogP contribution in [-0.4, -0.2) is 40.3 Å². The minimum atomic E-state index is -3.21. The van der Waals surface area contributed by atoms with E-state index in [1.165, 1.54) is 18.4 Å². The van der Waals surface area contributed by atoms with Crippen molar-refractivity contribution in [3.05, 3.63) is 58.1 Å². The molecule has 2 N–H and O–H groups in total. The number of guanidine groups is 1. The van der Waals surface area contributed by atoms with Crippen LogP contribution in [0.2, 0.25) is 10.0 Å². The van der Waals surface area contributed by atoms with Crippen LogP contribution in [0.4, 0.5) is 0 Å². The highest BCUT2D eigenvalue weighted by atomic mass is 127. The zero-order valence-electron chi connectivity index (χ0n) is 16.1. The fourth-order valence-corrected chi connectivity index (χ4v) is 3.38. The molecule has 2 rings (SSSR count). The van der Waals surface area contributed by atoms with Crippen molar-refractivity contribution in [3.63, 3.8) is 0 Å². The second kappa shape index (κ2) is 12.5. The Labute approximate surface area is 199 Å². The topological polar surface area (TPSA) is 79.8 Å². The second-order valence-corrected chi connectivity index (χ2v) is 8.81. The van der Waals surface area contributed by atoms with Crippen LogP contribution in [0.3, 0.4) is 0 Å². The normalized spacial score (nSPS) is 11.5. The van der Waals surface area contributed by atoms with Crippen LogP contribution in [0.25, 0.3) is 0 Å². The first-order valence-corrected chi connectivity index (χ1v) is 11.3. The summed E-state index contributed by atoms with van der Waals surface area (Å²) < 4.78 is 28.5. The summed E-state index contributed by atoms with van der Waals surface area (Å²) in [7, 11) is -3.21. The molecule has 2 aromatic rings. The largest absolute Gasteiger partial charge is 0.492 e. The standard InChI is InChI=1S/C19H23Cl2N3O3S.HI/c1-3-22-19(24-13-14-4-5-15(20)12-18(14)21)23-10-11-27-16-6-8-17(9-7-16)28(2,25)26;/h4-9,12H,3,10-11,13H2,1-2H3,(H2,22,23,24);1H. The Hall–Kier alpha value is -1.23. The van der Waals surface area contributed by atoms with Crippen LogP contribution in [-0.2, 0) is 16.4 Å². The lowest BCUT2D eigenvalue weighted by Gasteiger charge is -2.12. The SMILES string of the molecule is CCNC(=NCc1ccc(Cl)cc1Cl)NCCOc1ccc(S(C)(=O)=O)cc1.I. The molecule has 10 heteroatoms. The summed E-state index contributed by atoms with van der Waals surface area (Å²) in [6.45, 7) is 4.03. The Morgan fingerprint density at radius 1 is 1.10 bits per heavy atom. The fourth-order valence-electron chi connectivity index (χ4n) is 2.28. The first-order chi connectivity index (χ1) is 13.3. The van der Waals surface area contributed by atoms with Crippen molar-refractivity contribution in [2.24, 2.45) is 4.99 Å². The molecule has 0 aliphatic carbocycles. The van der Waals surface area contributed by atoms with E-state index in [4.69, 9.17) is 27.9 Å². The van der Waals surface area contributed by atoms with E-state index in [0.29, 0.717) is 48.0 Å². The molecule has 0 atom stereocenters. The number of nitrogens with zero attached hydrogens (tertiary/aromatic N) is 1. The lowest BCUT2D eigenvalue weighted by molar-refractivity contribution is 0.321. The summed E-state index contributed by atoms with van der Waals surface area (Å²) in [4.78, 5) is 4.77. The fraction of sp³-hybridized carbons (Fsp3) is 0.316. The Morgan fingerprint density at radius 3 is 2.38 bits per heavy atom. The Kier molecular flexibility index (Phi) is 11.1. The van der Waals surface area contributed by atoms with Crippen molar-refractivity contribution < 1.29 is 13.2 Å². The van der Waals surface area contributed by atoms with Crippen molar-refractivity contribution in [1.29, 1.82) is 0 Å². The molecule has 0 radical (unpaired) electrons. The highest BCUT2D eigenvalue weighted by Crippen LogP contribution is 2.21. The third kappa shape index (κ3) is 8.98. The molecule has 0 bridgehead atoms. The molecule has 160 valence electrons. The zero-order valence-corrected chi connectivity index (χ0v) is 20.8. The lowest BCUT2D eigenvalue weighted by atomic mass is 10.2. The third-order valence-corrected chi connectivity index (χ3v) is 5.40. The summed E-state index contributed by atoms with van der Waals surface area (Å²) in [6, 6.07) is 11.6. The van der Waals surface area contributed by atoms with E-state index in [9.17, 15) is 8.42 Å². The molecule has 0 saturated carbocycles. The lowest BCUT2D eigenvalue weighted by Crippen LogP contribution is -2.39. The van der Waals surface area contributed by atoms with E-state index in [1.807, 2.05) is 13.0 Å². The molecule has 0 aromatic heterocycles. The monoisotopic (exact) mass is 571 g/mol. The molecule has 0 unspecified atom stereocenters. The number of aliphatic imine (C=N–C) groups is 1. The number of benzene rings is 2. The Balaban J connectivity index is 0.00000420. The molecule has 0 aliphatic heterocycles. The molecule has 0 aliphatic rings. The van der Waals surface area contributed by atoms with Gasteiger partial charge in [-0.15, -0.1) is 24.0 Å². The van der Waals surface area contributed by atoms with E-state index >= 15 is 0 Å². The number of ether oxygens (including phenoxy) is 1. The van der Waals surface area contributed by atoms with Gasteiger partial charge < -0.3 is 15.4 Å². The molecule has 29 heavy (non-hydrogen) atoms. The smallest absolute Gasteiger partial charge is 0.191 e. The molecule has 0 spiro atoms. The minimum Gasteiger partial charge on any atom is -0.492 e. The van der Waals surface area contributed by atoms with Gasteiger partial charge in [0.15, 0.2) is 15.8 Å². The number of hydrogen-bond acceptors (Lipinski definition) is 4. The van der Waals surface area contributed by atoms with Gasteiger partial charge in [0.1, 0.15) is 12.4 Å².